The number of benzene rings is 13. The van der Waals surface area contributed by atoms with Gasteiger partial charge in [-0.1, -0.05) is 237 Å². The zero-order chi connectivity index (χ0) is 51.1. The first-order valence-corrected chi connectivity index (χ1v) is 26.6. The summed E-state index contributed by atoms with van der Waals surface area (Å²) in [6.07, 6.45) is 0. The Labute approximate surface area is 450 Å². The third-order valence-electron chi connectivity index (χ3n) is 15.7. The van der Waals surface area contributed by atoms with Gasteiger partial charge in [0.15, 0.2) is 0 Å². The molecule has 0 saturated carbocycles. The first kappa shape index (κ1) is 45.6. The first-order valence-electron chi connectivity index (χ1n) is 26.6. The van der Waals surface area contributed by atoms with Crippen molar-refractivity contribution in [1.82, 2.24) is 0 Å². The standard InChI is InChI=1S/C75H52N2/c1-6-22-57(23-7-1)75(58-24-8-2-9-25-58)71-37-21-20-32-65(71)66-51-44-56(52-72(66)75)74-69-35-18-16-33-67(69)73(68-34-17-19-36-70(68)74)55-42-49-64(50-43-55)77(61-30-14-5-15-31-61)63-47-40-54(41-48-63)53-38-45-62(46-39-53)76(59-26-10-3-11-27-59)60-28-12-4-13-29-60/h1-52H. The normalized spacial score (nSPS) is 12.3. The van der Waals surface area contributed by atoms with Gasteiger partial charge in [0, 0.05) is 34.1 Å². The van der Waals surface area contributed by atoms with E-state index in [1.165, 1.54) is 77.2 Å². The molecule has 2 nitrogen and oxygen atoms in total. The molecular weight excluding hydrogens is 929 g/mol. The van der Waals surface area contributed by atoms with Crippen molar-refractivity contribution in [3.05, 3.63) is 338 Å². The fourth-order valence-electron chi connectivity index (χ4n) is 12.4. The third-order valence-corrected chi connectivity index (χ3v) is 15.7. The molecule has 0 heterocycles. The van der Waals surface area contributed by atoms with Crippen LogP contribution in [0, 0.1) is 0 Å². The third kappa shape index (κ3) is 7.81. The minimum atomic E-state index is -0.491. The molecule has 1 aliphatic carbocycles. The van der Waals surface area contributed by atoms with Crippen molar-refractivity contribution < 1.29 is 0 Å². The lowest BCUT2D eigenvalue weighted by molar-refractivity contribution is 0.769. The highest BCUT2D eigenvalue weighted by Crippen LogP contribution is 2.57. The van der Waals surface area contributed by atoms with Gasteiger partial charge in [-0.2, -0.15) is 0 Å². The first-order chi connectivity index (χ1) is 38.2. The maximum atomic E-state index is 2.50. The van der Waals surface area contributed by atoms with E-state index in [2.05, 4.69) is 325 Å². The Balaban J connectivity index is 0.841. The number of hydrogen-bond acceptors (Lipinski definition) is 2. The summed E-state index contributed by atoms with van der Waals surface area (Å²) < 4.78 is 0. The highest BCUT2D eigenvalue weighted by atomic mass is 15.1. The molecule has 0 atom stereocenters. The van der Waals surface area contributed by atoms with E-state index in [4.69, 9.17) is 0 Å². The van der Waals surface area contributed by atoms with E-state index in [1.54, 1.807) is 0 Å². The predicted molar refractivity (Wildman–Crippen MR) is 324 cm³/mol. The fraction of sp³-hybridized carbons (Fsp3) is 0.0133. The van der Waals surface area contributed by atoms with Crippen LogP contribution < -0.4 is 9.80 Å². The molecule has 0 spiro atoms. The molecule has 14 rings (SSSR count). The number of rotatable bonds is 11. The van der Waals surface area contributed by atoms with E-state index < -0.39 is 5.41 Å². The highest BCUT2D eigenvalue weighted by molar-refractivity contribution is 6.21. The van der Waals surface area contributed by atoms with Gasteiger partial charge in [-0.25, -0.2) is 0 Å². The second-order valence-corrected chi connectivity index (χ2v) is 19.9. The molecule has 0 bridgehead atoms. The topological polar surface area (TPSA) is 6.48 Å². The predicted octanol–water partition coefficient (Wildman–Crippen LogP) is 20.3. The Morgan fingerprint density at radius 1 is 0.208 bits per heavy atom. The summed E-state index contributed by atoms with van der Waals surface area (Å²) in [7, 11) is 0. The molecule has 0 fully saturated rings. The molecule has 1 aliphatic rings. The van der Waals surface area contributed by atoms with E-state index in [0.717, 1.165) is 45.3 Å². The van der Waals surface area contributed by atoms with Crippen LogP contribution in [-0.4, -0.2) is 0 Å². The zero-order valence-corrected chi connectivity index (χ0v) is 42.4. The van der Waals surface area contributed by atoms with Crippen LogP contribution in [0.25, 0.3) is 66.1 Å². The lowest BCUT2D eigenvalue weighted by Crippen LogP contribution is -2.28. The van der Waals surface area contributed by atoms with E-state index in [0.29, 0.717) is 0 Å². The Hall–Kier alpha value is -10.0. The van der Waals surface area contributed by atoms with Crippen molar-refractivity contribution in [3.8, 4) is 44.5 Å². The zero-order valence-electron chi connectivity index (χ0n) is 42.4. The van der Waals surface area contributed by atoms with Crippen LogP contribution in [0.1, 0.15) is 22.3 Å². The van der Waals surface area contributed by atoms with Crippen molar-refractivity contribution in [2.24, 2.45) is 0 Å². The van der Waals surface area contributed by atoms with Gasteiger partial charge in [-0.3, -0.25) is 0 Å². The van der Waals surface area contributed by atoms with Crippen LogP contribution in [0.3, 0.4) is 0 Å². The molecule has 0 radical (unpaired) electrons. The summed E-state index contributed by atoms with van der Waals surface area (Å²) >= 11 is 0. The number of nitrogens with zero attached hydrogens (tertiary/aromatic N) is 2. The summed E-state index contributed by atoms with van der Waals surface area (Å²) in [5.74, 6) is 0. The monoisotopic (exact) mass is 980 g/mol. The molecule has 0 N–H and O–H groups in total. The van der Waals surface area contributed by atoms with Gasteiger partial charge in [0.1, 0.15) is 0 Å². The molecule has 0 aromatic heterocycles. The average molecular weight is 981 g/mol. The Morgan fingerprint density at radius 3 is 0.922 bits per heavy atom. The van der Waals surface area contributed by atoms with E-state index >= 15 is 0 Å². The minimum Gasteiger partial charge on any atom is -0.311 e. The quantitative estimate of drug-likeness (QED) is 0.119. The van der Waals surface area contributed by atoms with Crippen LogP contribution in [0.5, 0.6) is 0 Å². The summed E-state index contributed by atoms with van der Waals surface area (Å²) in [6.45, 7) is 0. The van der Waals surface area contributed by atoms with Crippen LogP contribution >= 0.6 is 0 Å². The number of hydrogen-bond donors (Lipinski definition) is 0. The molecular formula is C75H52N2. The fourth-order valence-corrected chi connectivity index (χ4v) is 12.4. The van der Waals surface area contributed by atoms with Gasteiger partial charge in [-0.05, 0) is 167 Å². The van der Waals surface area contributed by atoms with Crippen LogP contribution in [0.2, 0.25) is 0 Å². The molecule has 0 amide bonds. The van der Waals surface area contributed by atoms with Gasteiger partial charge in [0.2, 0.25) is 0 Å². The maximum absolute atomic E-state index is 2.50. The van der Waals surface area contributed by atoms with Crippen molar-refractivity contribution in [1.29, 1.82) is 0 Å². The SMILES string of the molecule is c1ccc(N(c2ccccc2)c2ccc(-c3ccc(N(c4ccccc4)c4ccc(-c5c6ccccc6c(-c6ccc7c(c6)C(c6ccccc6)(c6ccccc6)c6ccccc6-7)c6ccccc56)cc4)cc3)cc2)cc1. The lowest BCUT2D eigenvalue weighted by atomic mass is 9.67. The Bertz CT molecular complexity index is 4080. The molecule has 362 valence electrons. The minimum absolute atomic E-state index is 0.491. The molecule has 13 aromatic carbocycles. The van der Waals surface area contributed by atoms with Crippen LogP contribution in [-0.2, 0) is 5.41 Å². The number of anilines is 6. The summed E-state index contributed by atoms with van der Waals surface area (Å²) in [5, 5.41) is 4.92. The van der Waals surface area contributed by atoms with Gasteiger partial charge >= 0.3 is 0 Å². The largest absolute Gasteiger partial charge is 0.311 e. The smallest absolute Gasteiger partial charge is 0.0713 e. The molecule has 0 unspecified atom stereocenters. The van der Waals surface area contributed by atoms with Crippen molar-refractivity contribution in [2.75, 3.05) is 9.80 Å². The van der Waals surface area contributed by atoms with Crippen LogP contribution in [0.4, 0.5) is 34.1 Å². The molecule has 0 saturated heterocycles. The average Bonchev–Trinajstić information content (AvgIpc) is 3.81. The summed E-state index contributed by atoms with van der Waals surface area (Å²) in [6, 6.07) is 115. The Kier molecular flexibility index (Phi) is 11.5. The molecule has 13 aromatic rings. The van der Waals surface area contributed by atoms with E-state index in [9.17, 15) is 0 Å². The molecule has 2 heteroatoms. The number of para-hydroxylation sites is 3. The lowest BCUT2D eigenvalue weighted by Gasteiger charge is -2.34. The summed E-state index contributed by atoms with van der Waals surface area (Å²) in [4.78, 5) is 4.65. The number of fused-ring (bicyclic) bond motifs is 5. The van der Waals surface area contributed by atoms with Crippen LogP contribution in [0.15, 0.2) is 315 Å². The highest BCUT2D eigenvalue weighted by Gasteiger charge is 2.46. The van der Waals surface area contributed by atoms with Crippen molar-refractivity contribution >= 4 is 55.7 Å². The maximum Gasteiger partial charge on any atom is 0.0713 e. The molecule has 77 heavy (non-hydrogen) atoms. The summed E-state index contributed by atoms with van der Waals surface area (Å²) in [5.41, 5.74) is 21.1. The van der Waals surface area contributed by atoms with E-state index in [1.807, 2.05) is 0 Å². The van der Waals surface area contributed by atoms with Crippen molar-refractivity contribution in [2.45, 2.75) is 5.41 Å². The van der Waals surface area contributed by atoms with Gasteiger partial charge in [-0.15, -0.1) is 0 Å². The van der Waals surface area contributed by atoms with Crippen molar-refractivity contribution in [3.63, 3.8) is 0 Å². The van der Waals surface area contributed by atoms with Gasteiger partial charge in [0.25, 0.3) is 0 Å². The van der Waals surface area contributed by atoms with Gasteiger partial charge in [0.05, 0.1) is 5.41 Å². The second-order valence-electron chi connectivity index (χ2n) is 19.9. The molecule has 0 aliphatic heterocycles. The Morgan fingerprint density at radius 2 is 0.506 bits per heavy atom. The van der Waals surface area contributed by atoms with Gasteiger partial charge < -0.3 is 9.80 Å². The second kappa shape index (κ2) is 19.4. The van der Waals surface area contributed by atoms with E-state index in [-0.39, 0.29) is 0 Å².